The Kier molecular flexibility index (Phi) is 6.75. The summed E-state index contributed by atoms with van der Waals surface area (Å²) in [6.07, 6.45) is 1.71. The summed E-state index contributed by atoms with van der Waals surface area (Å²) < 4.78 is 13.6. The van der Waals surface area contributed by atoms with E-state index in [-0.39, 0.29) is 23.8 Å². The molecule has 8 heteroatoms. The Morgan fingerprint density at radius 3 is 2.46 bits per heavy atom. The van der Waals surface area contributed by atoms with Gasteiger partial charge in [0.2, 0.25) is 0 Å². The molecule has 4 rings (SSSR count). The van der Waals surface area contributed by atoms with Crippen LogP contribution in [0.4, 0.5) is 10.1 Å². The van der Waals surface area contributed by atoms with Gasteiger partial charge in [-0.25, -0.2) is 4.39 Å². The molecule has 0 unspecified atom stereocenters. The van der Waals surface area contributed by atoms with Crippen LogP contribution in [-0.4, -0.2) is 24.9 Å². The van der Waals surface area contributed by atoms with Gasteiger partial charge in [-0.1, -0.05) is 32.9 Å². The minimum atomic E-state index is -0.480. The molecule has 0 amide bonds. The molecule has 0 bridgehead atoms. The van der Waals surface area contributed by atoms with Gasteiger partial charge in [-0.2, -0.15) is 0 Å². The number of hydrogen-bond acceptors (Lipinski definition) is 6. The first kappa shape index (κ1) is 24.2. The van der Waals surface area contributed by atoms with Crippen molar-refractivity contribution >= 4 is 16.6 Å². The molecular weight excluding hydrogens is 447 g/mol. The van der Waals surface area contributed by atoms with Crippen molar-refractivity contribution < 1.29 is 14.4 Å². The van der Waals surface area contributed by atoms with Crippen LogP contribution in [0.2, 0.25) is 0 Å². The van der Waals surface area contributed by atoms with E-state index in [1.54, 1.807) is 12.3 Å². The Bertz CT molecular complexity index is 1370. The number of aromatic hydroxyl groups is 1. The molecule has 1 N–H and O–H groups in total. The molecule has 35 heavy (non-hydrogen) atoms. The van der Waals surface area contributed by atoms with Gasteiger partial charge in [-0.3, -0.25) is 25.0 Å². The summed E-state index contributed by atoms with van der Waals surface area (Å²) in [6.45, 7) is 6.80. The predicted molar refractivity (Wildman–Crippen MR) is 132 cm³/mol. The van der Waals surface area contributed by atoms with Crippen LogP contribution in [0.1, 0.15) is 43.3 Å². The fraction of sp³-hybridized carbons (Fsp3) is 0.259. The van der Waals surface area contributed by atoms with Gasteiger partial charge in [0.25, 0.3) is 5.69 Å². The predicted octanol–water partition coefficient (Wildman–Crippen LogP) is 5.88. The SMILES string of the molecule is CC(C)(C)c1cc([N+](=O)[O-])cc(CN(Cc2ccccn2)Cc2ccc3cc(F)ccc3n2)c1O. The van der Waals surface area contributed by atoms with Gasteiger partial charge in [0.15, 0.2) is 0 Å². The maximum Gasteiger partial charge on any atom is 0.270 e. The van der Waals surface area contributed by atoms with Crippen molar-refractivity contribution in [2.45, 2.75) is 45.8 Å². The van der Waals surface area contributed by atoms with Gasteiger partial charge < -0.3 is 5.11 Å². The molecule has 0 atom stereocenters. The molecule has 0 saturated carbocycles. The molecule has 0 aliphatic carbocycles. The third kappa shape index (κ3) is 5.78. The number of fused-ring (bicyclic) bond motifs is 1. The second-order valence-electron chi connectivity index (χ2n) is 9.61. The van der Waals surface area contributed by atoms with Crippen molar-refractivity contribution in [3.05, 3.63) is 105 Å². The summed E-state index contributed by atoms with van der Waals surface area (Å²) >= 11 is 0. The summed E-state index contributed by atoms with van der Waals surface area (Å²) in [5, 5.41) is 23.4. The summed E-state index contributed by atoms with van der Waals surface area (Å²) in [6, 6.07) is 16.6. The van der Waals surface area contributed by atoms with E-state index in [4.69, 9.17) is 0 Å². The van der Waals surface area contributed by atoms with Gasteiger partial charge >= 0.3 is 0 Å². The average Bonchev–Trinajstić information content (AvgIpc) is 2.80. The lowest BCUT2D eigenvalue weighted by Gasteiger charge is -2.25. The topological polar surface area (TPSA) is 92.4 Å². The van der Waals surface area contributed by atoms with Gasteiger partial charge in [-0.05, 0) is 41.8 Å². The first-order valence-electron chi connectivity index (χ1n) is 11.3. The molecule has 180 valence electrons. The van der Waals surface area contributed by atoms with Crippen LogP contribution in [-0.2, 0) is 25.0 Å². The zero-order valence-corrected chi connectivity index (χ0v) is 19.9. The number of rotatable bonds is 7. The van der Waals surface area contributed by atoms with Crippen molar-refractivity contribution in [3.63, 3.8) is 0 Å². The molecule has 0 spiro atoms. The number of nitro groups is 1. The number of nitro benzene ring substituents is 1. The highest BCUT2D eigenvalue weighted by molar-refractivity contribution is 5.78. The lowest BCUT2D eigenvalue weighted by Crippen LogP contribution is -2.24. The molecule has 0 fully saturated rings. The number of hydrogen-bond donors (Lipinski definition) is 1. The fourth-order valence-corrected chi connectivity index (χ4v) is 4.06. The number of pyridine rings is 2. The largest absolute Gasteiger partial charge is 0.507 e. The monoisotopic (exact) mass is 474 g/mol. The number of nitrogens with zero attached hydrogens (tertiary/aromatic N) is 4. The highest BCUT2D eigenvalue weighted by Crippen LogP contribution is 2.37. The van der Waals surface area contributed by atoms with Crippen molar-refractivity contribution in [2.24, 2.45) is 0 Å². The van der Waals surface area contributed by atoms with E-state index in [0.29, 0.717) is 35.1 Å². The van der Waals surface area contributed by atoms with Crippen LogP contribution >= 0.6 is 0 Å². The molecule has 2 aromatic carbocycles. The maximum absolute atomic E-state index is 13.6. The molecule has 7 nitrogen and oxygen atoms in total. The Balaban J connectivity index is 1.71. The molecule has 2 heterocycles. The number of aromatic nitrogens is 2. The third-order valence-corrected chi connectivity index (χ3v) is 5.79. The Hall–Kier alpha value is -3.91. The molecule has 2 aromatic heterocycles. The normalized spacial score (nSPS) is 11.8. The molecule has 4 aromatic rings. The minimum absolute atomic E-state index is 0.0519. The van der Waals surface area contributed by atoms with Crippen LogP contribution in [0.5, 0.6) is 5.75 Å². The van der Waals surface area contributed by atoms with Gasteiger partial charge in [0, 0.05) is 54.5 Å². The lowest BCUT2D eigenvalue weighted by atomic mass is 9.84. The zero-order valence-electron chi connectivity index (χ0n) is 19.9. The second kappa shape index (κ2) is 9.76. The Labute approximate surface area is 203 Å². The van der Waals surface area contributed by atoms with E-state index in [0.717, 1.165) is 11.4 Å². The third-order valence-electron chi connectivity index (χ3n) is 5.79. The Morgan fingerprint density at radius 2 is 1.77 bits per heavy atom. The van der Waals surface area contributed by atoms with Crippen LogP contribution in [0.3, 0.4) is 0 Å². The van der Waals surface area contributed by atoms with Crippen LogP contribution in [0, 0.1) is 15.9 Å². The number of non-ortho nitro benzene ring substituents is 1. The fourth-order valence-electron chi connectivity index (χ4n) is 4.06. The van der Waals surface area contributed by atoms with Crippen LogP contribution in [0.15, 0.2) is 66.9 Å². The van der Waals surface area contributed by atoms with Gasteiger partial charge in [0.05, 0.1) is 21.8 Å². The van der Waals surface area contributed by atoms with E-state index in [1.807, 2.05) is 56.0 Å². The lowest BCUT2D eigenvalue weighted by molar-refractivity contribution is -0.385. The highest BCUT2D eigenvalue weighted by Gasteiger charge is 2.25. The summed E-state index contributed by atoms with van der Waals surface area (Å²) in [5.41, 5.74) is 2.68. The first-order chi connectivity index (χ1) is 16.6. The first-order valence-corrected chi connectivity index (χ1v) is 11.3. The van der Waals surface area contributed by atoms with Gasteiger partial charge in [-0.15, -0.1) is 0 Å². The van der Waals surface area contributed by atoms with E-state index in [2.05, 4.69) is 9.97 Å². The summed E-state index contributed by atoms with van der Waals surface area (Å²) in [4.78, 5) is 22.3. The zero-order chi connectivity index (χ0) is 25.2. The molecule has 0 aliphatic heterocycles. The average molecular weight is 475 g/mol. The van der Waals surface area contributed by atoms with E-state index < -0.39 is 10.3 Å². The molecule has 0 aliphatic rings. The quantitative estimate of drug-likeness (QED) is 0.266. The van der Waals surface area contributed by atoms with Crippen LogP contribution in [0.25, 0.3) is 10.9 Å². The molecule has 0 saturated heterocycles. The number of halogens is 1. The highest BCUT2D eigenvalue weighted by atomic mass is 19.1. The Morgan fingerprint density at radius 1 is 1.00 bits per heavy atom. The van der Waals surface area contributed by atoms with Crippen molar-refractivity contribution in [1.29, 1.82) is 0 Å². The molecule has 0 radical (unpaired) electrons. The standard InChI is InChI=1S/C27H27FN4O3/c1-27(2,3)24-14-23(32(34)35)13-19(26(24)33)15-31(16-21-6-4-5-11-29-21)17-22-9-7-18-12-20(28)8-10-25(18)30-22/h4-14,33H,15-17H2,1-3H3. The van der Waals surface area contributed by atoms with Crippen molar-refractivity contribution in [1.82, 2.24) is 14.9 Å². The van der Waals surface area contributed by atoms with E-state index in [9.17, 15) is 19.6 Å². The second-order valence-corrected chi connectivity index (χ2v) is 9.61. The van der Waals surface area contributed by atoms with Crippen molar-refractivity contribution in [3.8, 4) is 5.75 Å². The van der Waals surface area contributed by atoms with E-state index in [1.165, 1.54) is 24.3 Å². The summed E-state index contributed by atoms with van der Waals surface area (Å²) in [7, 11) is 0. The maximum atomic E-state index is 13.6. The van der Waals surface area contributed by atoms with Gasteiger partial charge in [0.1, 0.15) is 11.6 Å². The van der Waals surface area contributed by atoms with Crippen LogP contribution < -0.4 is 0 Å². The summed E-state index contributed by atoms with van der Waals surface area (Å²) in [5.74, 6) is -0.268. The number of phenols is 1. The van der Waals surface area contributed by atoms with E-state index >= 15 is 0 Å². The number of phenolic OH excluding ortho intramolecular Hbond substituents is 1. The molecular formula is C27H27FN4O3. The number of benzene rings is 2. The smallest absolute Gasteiger partial charge is 0.270 e. The minimum Gasteiger partial charge on any atom is -0.507 e. The van der Waals surface area contributed by atoms with Crippen molar-refractivity contribution in [2.75, 3.05) is 0 Å².